The van der Waals surface area contributed by atoms with Gasteiger partial charge in [-0.3, -0.25) is 5.41 Å². The molecule has 17 heavy (non-hydrogen) atoms. The lowest BCUT2D eigenvalue weighted by atomic mass is 10.0. The van der Waals surface area contributed by atoms with Crippen LogP contribution in [0.3, 0.4) is 0 Å². The minimum Gasteiger partial charge on any atom is -0.504 e. The molecule has 0 unspecified atom stereocenters. The normalized spacial score (nSPS) is 10.1. The number of phenolic OH excluding ortho intramolecular Hbond substituents is 2. The number of amidine groups is 1. The van der Waals surface area contributed by atoms with Gasteiger partial charge in [0.2, 0.25) is 0 Å². The molecule has 0 atom stereocenters. The van der Waals surface area contributed by atoms with Crippen LogP contribution in [0.4, 0.5) is 0 Å². The Morgan fingerprint density at radius 3 is 2.24 bits per heavy atom. The Bertz CT molecular complexity index is 562. The molecule has 4 heteroatoms. The molecule has 0 aliphatic heterocycles. The Morgan fingerprint density at radius 1 is 1.00 bits per heavy atom. The Kier molecular flexibility index (Phi) is 2.70. The van der Waals surface area contributed by atoms with Crippen molar-refractivity contribution in [3.8, 4) is 22.6 Å². The molecular formula is C13H12N2O2. The van der Waals surface area contributed by atoms with Crippen LogP contribution in [0.15, 0.2) is 42.5 Å². The van der Waals surface area contributed by atoms with Crippen molar-refractivity contribution in [2.24, 2.45) is 5.73 Å². The molecule has 2 rings (SSSR count). The average Bonchev–Trinajstić information content (AvgIpc) is 2.33. The van der Waals surface area contributed by atoms with Crippen molar-refractivity contribution in [2.45, 2.75) is 0 Å². The third-order valence-electron chi connectivity index (χ3n) is 2.52. The van der Waals surface area contributed by atoms with Crippen molar-refractivity contribution in [2.75, 3.05) is 0 Å². The first-order valence-corrected chi connectivity index (χ1v) is 5.05. The number of aromatic hydroxyl groups is 2. The van der Waals surface area contributed by atoms with Gasteiger partial charge in [0.25, 0.3) is 0 Å². The summed E-state index contributed by atoms with van der Waals surface area (Å²) in [4.78, 5) is 0. The summed E-state index contributed by atoms with van der Waals surface area (Å²) in [6.07, 6.45) is 0. The van der Waals surface area contributed by atoms with E-state index in [-0.39, 0.29) is 17.3 Å². The highest BCUT2D eigenvalue weighted by molar-refractivity contribution is 5.95. The van der Waals surface area contributed by atoms with E-state index >= 15 is 0 Å². The molecule has 4 nitrogen and oxygen atoms in total. The van der Waals surface area contributed by atoms with E-state index < -0.39 is 0 Å². The number of rotatable bonds is 2. The van der Waals surface area contributed by atoms with E-state index in [1.165, 1.54) is 6.07 Å². The van der Waals surface area contributed by atoms with Crippen molar-refractivity contribution < 1.29 is 10.2 Å². The molecule has 0 saturated carbocycles. The van der Waals surface area contributed by atoms with Crippen LogP contribution in [-0.2, 0) is 0 Å². The fourth-order valence-electron chi connectivity index (χ4n) is 1.59. The Balaban J connectivity index is 2.47. The summed E-state index contributed by atoms with van der Waals surface area (Å²) < 4.78 is 0. The van der Waals surface area contributed by atoms with Crippen molar-refractivity contribution in [1.29, 1.82) is 5.41 Å². The average molecular weight is 228 g/mol. The molecule has 0 saturated heterocycles. The molecular weight excluding hydrogens is 216 g/mol. The fraction of sp³-hybridized carbons (Fsp3) is 0. The summed E-state index contributed by atoms with van der Waals surface area (Å²) in [5, 5.41) is 26.4. The first-order valence-electron chi connectivity index (χ1n) is 5.05. The fourth-order valence-corrected chi connectivity index (χ4v) is 1.59. The van der Waals surface area contributed by atoms with Crippen molar-refractivity contribution in [3.05, 3.63) is 48.0 Å². The smallest absolute Gasteiger partial charge is 0.165 e. The molecule has 86 valence electrons. The number of phenols is 2. The van der Waals surface area contributed by atoms with Gasteiger partial charge in [-0.2, -0.15) is 0 Å². The zero-order chi connectivity index (χ0) is 12.4. The van der Waals surface area contributed by atoms with Crippen LogP contribution >= 0.6 is 0 Å². The summed E-state index contributed by atoms with van der Waals surface area (Å²) in [6.45, 7) is 0. The summed E-state index contributed by atoms with van der Waals surface area (Å²) in [5.41, 5.74) is 7.26. The van der Waals surface area contributed by atoms with E-state index in [9.17, 15) is 10.2 Å². The van der Waals surface area contributed by atoms with Crippen molar-refractivity contribution in [3.63, 3.8) is 0 Å². The van der Waals surface area contributed by atoms with Crippen molar-refractivity contribution in [1.82, 2.24) is 0 Å². The van der Waals surface area contributed by atoms with E-state index in [0.717, 1.165) is 5.56 Å². The van der Waals surface area contributed by atoms with Crippen molar-refractivity contribution >= 4 is 5.84 Å². The summed E-state index contributed by atoms with van der Waals surface area (Å²) in [5.74, 6) is -0.307. The SMILES string of the molecule is N=C(N)c1ccc(-c2cccc(O)c2O)cc1. The van der Waals surface area contributed by atoms with E-state index in [2.05, 4.69) is 0 Å². The number of nitrogens with one attached hydrogen (secondary N) is 1. The Morgan fingerprint density at radius 2 is 1.65 bits per heavy atom. The van der Waals surface area contributed by atoms with Gasteiger partial charge in [-0.05, 0) is 11.6 Å². The van der Waals surface area contributed by atoms with Gasteiger partial charge in [-0.25, -0.2) is 0 Å². The van der Waals surface area contributed by atoms with Gasteiger partial charge in [0.15, 0.2) is 11.5 Å². The van der Waals surface area contributed by atoms with Gasteiger partial charge in [0, 0.05) is 11.1 Å². The number of benzene rings is 2. The van der Waals surface area contributed by atoms with Gasteiger partial charge in [0.1, 0.15) is 5.84 Å². The monoisotopic (exact) mass is 228 g/mol. The Labute approximate surface area is 98.5 Å². The second-order valence-corrected chi connectivity index (χ2v) is 3.66. The van der Waals surface area contributed by atoms with Gasteiger partial charge in [-0.15, -0.1) is 0 Å². The first kappa shape index (κ1) is 11.0. The van der Waals surface area contributed by atoms with Crippen LogP contribution in [0.5, 0.6) is 11.5 Å². The van der Waals surface area contributed by atoms with E-state index in [4.69, 9.17) is 11.1 Å². The minimum absolute atomic E-state index is 0.00307. The second kappa shape index (κ2) is 4.17. The maximum atomic E-state index is 9.71. The summed E-state index contributed by atoms with van der Waals surface area (Å²) >= 11 is 0. The number of para-hydroxylation sites is 1. The molecule has 0 amide bonds. The maximum absolute atomic E-state index is 9.71. The minimum atomic E-state index is -0.154. The van der Waals surface area contributed by atoms with Crippen LogP contribution < -0.4 is 5.73 Å². The zero-order valence-electron chi connectivity index (χ0n) is 9.01. The first-order chi connectivity index (χ1) is 8.09. The molecule has 0 fully saturated rings. The van der Waals surface area contributed by atoms with Crippen LogP contribution in [0.25, 0.3) is 11.1 Å². The van der Waals surface area contributed by atoms with Gasteiger partial charge in [0.05, 0.1) is 0 Å². The molecule has 0 heterocycles. The summed E-state index contributed by atoms with van der Waals surface area (Å²) in [6, 6.07) is 11.7. The third kappa shape index (κ3) is 2.06. The molecule has 0 aromatic heterocycles. The molecule has 0 bridgehead atoms. The summed E-state index contributed by atoms with van der Waals surface area (Å²) in [7, 11) is 0. The maximum Gasteiger partial charge on any atom is 0.165 e. The molecule has 0 aliphatic rings. The zero-order valence-corrected chi connectivity index (χ0v) is 9.01. The highest BCUT2D eigenvalue weighted by atomic mass is 16.3. The molecule has 0 aliphatic carbocycles. The quantitative estimate of drug-likeness (QED) is 0.360. The number of hydrogen-bond acceptors (Lipinski definition) is 3. The predicted molar refractivity (Wildman–Crippen MR) is 66.2 cm³/mol. The second-order valence-electron chi connectivity index (χ2n) is 3.66. The lowest BCUT2D eigenvalue weighted by molar-refractivity contribution is 0.405. The number of hydrogen-bond donors (Lipinski definition) is 4. The molecule has 0 spiro atoms. The van der Waals surface area contributed by atoms with E-state index in [0.29, 0.717) is 11.1 Å². The molecule has 5 N–H and O–H groups in total. The van der Waals surface area contributed by atoms with Crippen LogP contribution in [0.1, 0.15) is 5.56 Å². The molecule has 2 aromatic rings. The van der Waals surface area contributed by atoms with E-state index in [1.54, 1.807) is 36.4 Å². The van der Waals surface area contributed by atoms with Crippen LogP contribution in [0.2, 0.25) is 0 Å². The van der Waals surface area contributed by atoms with Gasteiger partial charge in [-0.1, -0.05) is 36.4 Å². The number of nitrogens with two attached hydrogens (primary N) is 1. The highest BCUT2D eigenvalue weighted by Gasteiger charge is 2.08. The Hall–Kier alpha value is -2.49. The van der Waals surface area contributed by atoms with Gasteiger partial charge < -0.3 is 15.9 Å². The standard InChI is InChI=1S/C13H12N2O2/c14-13(15)9-6-4-8(5-7-9)10-2-1-3-11(16)12(10)17/h1-7,16-17H,(H3,14,15). The van der Waals surface area contributed by atoms with E-state index in [1.807, 2.05) is 0 Å². The van der Waals surface area contributed by atoms with Crippen LogP contribution in [0, 0.1) is 5.41 Å². The topological polar surface area (TPSA) is 90.3 Å². The number of nitrogen functional groups attached to an aromatic ring is 1. The highest BCUT2D eigenvalue weighted by Crippen LogP contribution is 2.35. The van der Waals surface area contributed by atoms with Crippen LogP contribution in [-0.4, -0.2) is 16.0 Å². The predicted octanol–water partition coefficient (Wildman–Crippen LogP) is 2.05. The lowest BCUT2D eigenvalue weighted by Crippen LogP contribution is -2.10. The molecule has 0 radical (unpaired) electrons. The molecule has 2 aromatic carbocycles. The lowest BCUT2D eigenvalue weighted by Gasteiger charge is -2.07. The third-order valence-corrected chi connectivity index (χ3v) is 2.52. The van der Waals surface area contributed by atoms with Gasteiger partial charge >= 0.3 is 0 Å². The largest absolute Gasteiger partial charge is 0.504 e.